The summed E-state index contributed by atoms with van der Waals surface area (Å²) in [5, 5.41) is 1.85. The number of nitrogens with one attached hydrogen (secondary N) is 1. The smallest absolute Gasteiger partial charge is 0.322 e. The van der Waals surface area contributed by atoms with Crippen LogP contribution in [0.15, 0.2) is 42.5 Å². The average molecular weight is 599 g/mol. The summed E-state index contributed by atoms with van der Waals surface area (Å²) in [6.45, 7) is 2.21. The van der Waals surface area contributed by atoms with E-state index in [9.17, 15) is 23.2 Å². The number of anilines is 1. The van der Waals surface area contributed by atoms with Crippen molar-refractivity contribution >= 4 is 35.3 Å². The van der Waals surface area contributed by atoms with E-state index in [0.29, 0.717) is 50.5 Å². The molecule has 0 spiro atoms. The van der Waals surface area contributed by atoms with Crippen LogP contribution in [-0.2, 0) is 16.0 Å². The highest BCUT2D eigenvalue weighted by atomic mass is 32.2. The number of amides is 4. The molecule has 1 saturated carbocycles. The van der Waals surface area contributed by atoms with E-state index in [-0.39, 0.29) is 31.7 Å². The fraction of sp³-hybridized carbons (Fsp3) is 0.531. The molecule has 2 aromatic rings. The summed E-state index contributed by atoms with van der Waals surface area (Å²) in [7, 11) is 0. The van der Waals surface area contributed by atoms with Gasteiger partial charge >= 0.3 is 6.03 Å². The zero-order chi connectivity index (χ0) is 29.2. The van der Waals surface area contributed by atoms with Crippen LogP contribution in [0.4, 0.5) is 19.3 Å². The van der Waals surface area contributed by atoms with Gasteiger partial charge in [0.1, 0.15) is 17.0 Å². The Bertz CT molecular complexity index is 1340. The fourth-order valence-electron chi connectivity index (χ4n) is 6.95. The van der Waals surface area contributed by atoms with E-state index in [1.807, 2.05) is 29.2 Å². The first-order chi connectivity index (χ1) is 20.4. The SMILES string of the molecule is O=C(CC1SC(c2ccc(F)cc2F)N(CC2CCCCC2)C1=O)N1CCC(N2CCc3ccccc3NC2=O)CC1.[HH]. The van der Waals surface area contributed by atoms with Crippen LogP contribution in [0.25, 0.3) is 0 Å². The van der Waals surface area contributed by atoms with Gasteiger partial charge in [-0.3, -0.25) is 9.59 Å². The van der Waals surface area contributed by atoms with Crippen LogP contribution in [0, 0.1) is 17.6 Å². The van der Waals surface area contributed by atoms with Gasteiger partial charge in [-0.05, 0) is 55.7 Å². The Morgan fingerprint density at radius 1 is 0.976 bits per heavy atom. The molecule has 3 fully saturated rings. The number of nitrogens with zero attached hydrogens (tertiary/aromatic N) is 3. The Balaban J connectivity index is 0.00000368. The first kappa shape index (κ1) is 29.0. The van der Waals surface area contributed by atoms with E-state index in [2.05, 4.69) is 5.32 Å². The lowest BCUT2D eigenvalue weighted by Gasteiger charge is -2.38. The van der Waals surface area contributed by atoms with Crippen LogP contribution in [0.1, 0.15) is 69.3 Å². The van der Waals surface area contributed by atoms with Crippen molar-refractivity contribution in [1.29, 1.82) is 0 Å². The molecule has 4 aliphatic rings. The second-order valence-corrected chi connectivity index (χ2v) is 13.3. The lowest BCUT2D eigenvalue weighted by atomic mass is 9.88. The van der Waals surface area contributed by atoms with Crippen molar-refractivity contribution in [2.45, 2.75) is 74.5 Å². The highest BCUT2D eigenvalue weighted by molar-refractivity contribution is 8.01. The number of halogens is 2. The summed E-state index contributed by atoms with van der Waals surface area (Å²) in [5.41, 5.74) is 2.27. The number of benzene rings is 2. The normalized spacial score (nSPS) is 24.0. The summed E-state index contributed by atoms with van der Waals surface area (Å²) in [6, 6.07) is 11.3. The Morgan fingerprint density at radius 2 is 1.74 bits per heavy atom. The van der Waals surface area contributed by atoms with Gasteiger partial charge in [0.2, 0.25) is 11.8 Å². The molecule has 1 N–H and O–H groups in total. The van der Waals surface area contributed by atoms with Crippen LogP contribution in [0.2, 0.25) is 0 Å². The van der Waals surface area contributed by atoms with Crippen molar-refractivity contribution in [1.82, 2.24) is 14.7 Å². The van der Waals surface area contributed by atoms with Gasteiger partial charge in [0.15, 0.2) is 0 Å². The van der Waals surface area contributed by atoms with Gasteiger partial charge in [0.05, 0.1) is 5.25 Å². The number of piperidine rings is 1. The highest BCUT2D eigenvalue weighted by Gasteiger charge is 2.44. The molecule has 226 valence electrons. The number of rotatable bonds is 6. The zero-order valence-corrected chi connectivity index (χ0v) is 24.6. The van der Waals surface area contributed by atoms with Gasteiger partial charge in [-0.2, -0.15) is 0 Å². The molecule has 0 aromatic heterocycles. The van der Waals surface area contributed by atoms with Gasteiger partial charge in [0.25, 0.3) is 0 Å². The second kappa shape index (κ2) is 12.6. The van der Waals surface area contributed by atoms with Crippen LogP contribution < -0.4 is 5.32 Å². The van der Waals surface area contributed by atoms with E-state index in [4.69, 9.17) is 0 Å². The largest absolute Gasteiger partial charge is 0.342 e. The van der Waals surface area contributed by atoms with Gasteiger partial charge < -0.3 is 20.0 Å². The molecule has 2 atom stereocenters. The maximum atomic E-state index is 14.9. The van der Waals surface area contributed by atoms with Crippen molar-refractivity contribution in [3.8, 4) is 0 Å². The van der Waals surface area contributed by atoms with Crippen LogP contribution >= 0.6 is 11.8 Å². The highest BCUT2D eigenvalue weighted by Crippen LogP contribution is 2.46. The molecule has 0 bridgehead atoms. The lowest BCUT2D eigenvalue weighted by Crippen LogP contribution is -2.50. The first-order valence-electron chi connectivity index (χ1n) is 15.2. The number of carbonyl (C=O) groups excluding carboxylic acids is 3. The number of fused-ring (bicyclic) bond motifs is 1. The minimum absolute atomic E-state index is 0. The monoisotopic (exact) mass is 598 g/mol. The molecule has 2 aromatic carbocycles. The summed E-state index contributed by atoms with van der Waals surface area (Å²) in [5.74, 6) is -1.19. The number of hydrogen-bond acceptors (Lipinski definition) is 4. The summed E-state index contributed by atoms with van der Waals surface area (Å²) >= 11 is 1.31. The second-order valence-electron chi connectivity index (χ2n) is 12.0. The lowest BCUT2D eigenvalue weighted by molar-refractivity contribution is -0.137. The molecule has 6 rings (SSSR count). The number of urea groups is 1. The third kappa shape index (κ3) is 6.14. The Morgan fingerprint density at radius 3 is 2.50 bits per heavy atom. The van der Waals surface area contributed by atoms with Crippen molar-refractivity contribution in [2.75, 3.05) is 31.5 Å². The minimum Gasteiger partial charge on any atom is -0.342 e. The molecule has 3 aliphatic heterocycles. The van der Waals surface area contributed by atoms with Gasteiger partial charge in [-0.1, -0.05) is 43.5 Å². The molecule has 7 nitrogen and oxygen atoms in total. The van der Waals surface area contributed by atoms with Gasteiger partial charge in [-0.25, -0.2) is 13.6 Å². The maximum Gasteiger partial charge on any atom is 0.322 e. The topological polar surface area (TPSA) is 73.0 Å². The average Bonchev–Trinajstić information content (AvgIpc) is 3.17. The Hall–Kier alpha value is -3.14. The van der Waals surface area contributed by atoms with E-state index < -0.39 is 22.3 Å². The summed E-state index contributed by atoms with van der Waals surface area (Å²) in [6.07, 6.45) is 7.70. The Labute approximate surface area is 251 Å². The molecule has 42 heavy (non-hydrogen) atoms. The predicted octanol–water partition coefficient (Wildman–Crippen LogP) is 6.21. The molecule has 1 aliphatic carbocycles. The standard InChI is InChI=1S/C32H38F2N4O3S.H2/c33-23-10-11-25(26(34)18-23)31-38(20-21-6-2-1-3-7-21)30(40)28(42-31)19-29(39)36-15-13-24(14-16-36)37-17-12-22-8-4-5-9-27(22)35-32(37)41;/h4-5,8-11,18,21,24,28,31H,1-3,6-7,12-17,19-20H2,(H,35,41);1H. The molecular weight excluding hydrogens is 558 g/mol. The van der Waals surface area contributed by atoms with Gasteiger partial charge in [-0.15, -0.1) is 11.8 Å². The summed E-state index contributed by atoms with van der Waals surface area (Å²) < 4.78 is 28.6. The molecule has 2 unspecified atom stereocenters. The van der Waals surface area contributed by atoms with E-state index in [1.165, 1.54) is 30.3 Å². The third-order valence-electron chi connectivity index (χ3n) is 9.30. The number of carbonyl (C=O) groups is 3. The molecular formula is C32H40F2N4O3S. The van der Waals surface area contributed by atoms with E-state index in [0.717, 1.165) is 49.4 Å². The number of hydrogen-bond donors (Lipinski definition) is 1. The van der Waals surface area contributed by atoms with Crippen molar-refractivity contribution in [3.05, 3.63) is 65.2 Å². The number of para-hydroxylation sites is 1. The molecule has 3 heterocycles. The molecule has 0 radical (unpaired) electrons. The number of likely N-dealkylation sites (tertiary alicyclic amines) is 1. The molecule has 2 saturated heterocycles. The third-order valence-corrected chi connectivity index (χ3v) is 10.8. The van der Waals surface area contributed by atoms with Crippen LogP contribution in [-0.4, -0.2) is 70.0 Å². The Kier molecular flexibility index (Phi) is 8.70. The van der Waals surface area contributed by atoms with Crippen molar-refractivity contribution < 1.29 is 24.6 Å². The zero-order valence-electron chi connectivity index (χ0n) is 23.8. The predicted molar refractivity (Wildman–Crippen MR) is 161 cm³/mol. The first-order valence-corrected chi connectivity index (χ1v) is 16.2. The van der Waals surface area contributed by atoms with E-state index >= 15 is 0 Å². The summed E-state index contributed by atoms with van der Waals surface area (Å²) in [4.78, 5) is 45.5. The minimum atomic E-state index is -0.663. The number of thioether (sulfide) groups is 1. The quantitative estimate of drug-likeness (QED) is 0.430. The van der Waals surface area contributed by atoms with Gasteiger partial charge in [0, 0.05) is 57.4 Å². The van der Waals surface area contributed by atoms with Crippen molar-refractivity contribution in [3.63, 3.8) is 0 Å². The fourth-order valence-corrected chi connectivity index (χ4v) is 8.43. The van der Waals surface area contributed by atoms with Crippen LogP contribution in [0.5, 0.6) is 0 Å². The molecule has 4 amide bonds. The van der Waals surface area contributed by atoms with Crippen molar-refractivity contribution in [2.24, 2.45) is 5.92 Å². The van der Waals surface area contributed by atoms with Crippen LogP contribution in [0.3, 0.4) is 0 Å². The molecule has 10 heteroatoms. The maximum absolute atomic E-state index is 14.9. The van der Waals surface area contributed by atoms with E-state index in [1.54, 1.807) is 9.80 Å².